The van der Waals surface area contributed by atoms with Gasteiger partial charge in [-0.2, -0.15) is 0 Å². The van der Waals surface area contributed by atoms with Crippen molar-refractivity contribution < 1.29 is 9.53 Å². The number of ether oxygens (including phenoxy) is 1. The molecule has 0 radical (unpaired) electrons. The van der Waals surface area contributed by atoms with Crippen LogP contribution < -0.4 is 0 Å². The zero-order chi connectivity index (χ0) is 13.2. The lowest BCUT2D eigenvalue weighted by Crippen LogP contribution is -2.24. The van der Waals surface area contributed by atoms with Crippen LogP contribution in [0.25, 0.3) is 10.8 Å². The molecule has 2 unspecified atom stereocenters. The van der Waals surface area contributed by atoms with E-state index in [0.29, 0.717) is 6.61 Å². The van der Waals surface area contributed by atoms with Gasteiger partial charge in [-0.15, -0.1) is 0 Å². The predicted octanol–water partition coefficient (Wildman–Crippen LogP) is 3.23. The van der Waals surface area contributed by atoms with Gasteiger partial charge in [0.05, 0.1) is 12.0 Å². The Morgan fingerprint density at radius 1 is 1.42 bits per heavy atom. The smallest absolute Gasteiger partial charge is 0.169 e. The van der Waals surface area contributed by atoms with E-state index in [9.17, 15) is 4.79 Å². The van der Waals surface area contributed by atoms with Crippen LogP contribution in [0.4, 0.5) is 0 Å². The molecule has 0 spiro atoms. The lowest BCUT2D eigenvalue weighted by atomic mass is 9.88. The summed E-state index contributed by atoms with van der Waals surface area (Å²) in [5, 5.41) is 2.00. The molecule has 2 atom stereocenters. The molecule has 2 heterocycles. The summed E-state index contributed by atoms with van der Waals surface area (Å²) in [5.74, 6) is 0.213. The Bertz CT molecular complexity index is 603. The minimum atomic E-state index is 0.00349. The third-order valence-electron chi connectivity index (χ3n) is 3.89. The molecule has 1 aromatic heterocycles. The van der Waals surface area contributed by atoms with E-state index in [1.165, 1.54) is 0 Å². The molecule has 19 heavy (non-hydrogen) atoms. The first kappa shape index (κ1) is 12.3. The van der Waals surface area contributed by atoms with Gasteiger partial charge in [0.15, 0.2) is 5.78 Å². The Morgan fingerprint density at radius 2 is 2.32 bits per heavy atom. The van der Waals surface area contributed by atoms with E-state index < -0.39 is 0 Å². The van der Waals surface area contributed by atoms with Crippen LogP contribution in [-0.2, 0) is 4.74 Å². The van der Waals surface area contributed by atoms with E-state index in [1.807, 2.05) is 24.3 Å². The van der Waals surface area contributed by atoms with Gasteiger partial charge in [-0.25, -0.2) is 0 Å². The molecule has 2 aromatic rings. The van der Waals surface area contributed by atoms with Gasteiger partial charge in [0.25, 0.3) is 0 Å². The van der Waals surface area contributed by atoms with Crippen LogP contribution in [0.2, 0.25) is 0 Å². The van der Waals surface area contributed by atoms with E-state index in [4.69, 9.17) is 4.74 Å². The number of Topliss-reactive ketones (excluding diaryl/α,β-unsaturated/α-hetero) is 1. The largest absolute Gasteiger partial charge is 0.377 e. The summed E-state index contributed by atoms with van der Waals surface area (Å²) in [6.45, 7) is 2.77. The van der Waals surface area contributed by atoms with Gasteiger partial charge >= 0.3 is 0 Å². The molecule has 3 nitrogen and oxygen atoms in total. The van der Waals surface area contributed by atoms with E-state index in [2.05, 4.69) is 11.9 Å². The number of hydrogen-bond acceptors (Lipinski definition) is 3. The molecular weight excluding hydrogens is 238 g/mol. The third-order valence-corrected chi connectivity index (χ3v) is 3.89. The number of fused-ring (bicyclic) bond motifs is 1. The molecule has 98 valence electrons. The van der Waals surface area contributed by atoms with Crippen molar-refractivity contribution in [2.24, 2.45) is 5.92 Å². The average molecular weight is 255 g/mol. The van der Waals surface area contributed by atoms with Crippen molar-refractivity contribution in [3.8, 4) is 0 Å². The van der Waals surface area contributed by atoms with Gasteiger partial charge in [-0.3, -0.25) is 9.78 Å². The highest BCUT2D eigenvalue weighted by molar-refractivity contribution is 6.09. The maximum absolute atomic E-state index is 12.7. The molecule has 1 saturated heterocycles. The molecule has 0 bridgehead atoms. The summed E-state index contributed by atoms with van der Waals surface area (Å²) in [6, 6.07) is 7.74. The fourth-order valence-corrected chi connectivity index (χ4v) is 2.89. The Kier molecular flexibility index (Phi) is 3.30. The minimum absolute atomic E-state index is 0.00349. The molecule has 3 rings (SSSR count). The van der Waals surface area contributed by atoms with Crippen LogP contribution in [0, 0.1) is 5.92 Å². The van der Waals surface area contributed by atoms with Gasteiger partial charge in [-0.1, -0.05) is 25.1 Å². The first-order valence-corrected chi connectivity index (χ1v) is 6.80. The topological polar surface area (TPSA) is 39.2 Å². The molecular formula is C16H17NO2. The molecule has 3 heteroatoms. The van der Waals surface area contributed by atoms with Gasteiger partial charge in [0.2, 0.25) is 0 Å². The zero-order valence-corrected chi connectivity index (χ0v) is 11.0. The molecule has 1 fully saturated rings. The number of carbonyl (C=O) groups is 1. The number of nitrogens with zero attached hydrogens (tertiary/aromatic N) is 1. The van der Waals surface area contributed by atoms with E-state index in [-0.39, 0.29) is 17.8 Å². The number of rotatable bonds is 3. The summed E-state index contributed by atoms with van der Waals surface area (Å²) < 4.78 is 5.64. The Balaban J connectivity index is 2.02. The van der Waals surface area contributed by atoms with Gasteiger partial charge in [-0.05, 0) is 24.3 Å². The van der Waals surface area contributed by atoms with Crippen LogP contribution in [0.3, 0.4) is 0 Å². The van der Waals surface area contributed by atoms with Crippen LogP contribution in [-0.4, -0.2) is 23.5 Å². The van der Waals surface area contributed by atoms with Crippen molar-refractivity contribution >= 4 is 16.6 Å². The number of ketones is 1. The molecule has 0 aliphatic carbocycles. The maximum Gasteiger partial charge on any atom is 0.169 e. The number of hydrogen-bond donors (Lipinski definition) is 0. The van der Waals surface area contributed by atoms with Crippen molar-refractivity contribution in [3.63, 3.8) is 0 Å². The first-order valence-electron chi connectivity index (χ1n) is 6.80. The normalized spacial score (nSPS) is 22.8. The van der Waals surface area contributed by atoms with Crippen molar-refractivity contribution in [3.05, 3.63) is 42.2 Å². The van der Waals surface area contributed by atoms with Crippen LogP contribution in [0.15, 0.2) is 36.7 Å². The lowest BCUT2D eigenvalue weighted by molar-refractivity contribution is 0.0690. The standard InChI is InChI=1S/C16H17NO2/c1-2-15-14(7-9-19-15)16(18)13-5-3-4-11-10-17-8-6-12(11)13/h3-6,8,10,14-15H,2,7,9H2,1H3. The summed E-state index contributed by atoms with van der Waals surface area (Å²) >= 11 is 0. The summed E-state index contributed by atoms with van der Waals surface area (Å²) in [7, 11) is 0. The molecule has 1 aliphatic heterocycles. The monoisotopic (exact) mass is 255 g/mol. The van der Waals surface area contributed by atoms with Crippen molar-refractivity contribution in [2.75, 3.05) is 6.61 Å². The summed E-state index contributed by atoms with van der Waals surface area (Å²) in [5.41, 5.74) is 0.800. The number of pyridine rings is 1. The Labute approximate surface area is 112 Å². The number of carbonyl (C=O) groups excluding carboxylic acids is 1. The second-order valence-corrected chi connectivity index (χ2v) is 4.98. The summed E-state index contributed by atoms with van der Waals surface area (Å²) in [6.07, 6.45) is 5.34. The quantitative estimate of drug-likeness (QED) is 0.790. The molecule has 0 amide bonds. The predicted molar refractivity (Wildman–Crippen MR) is 74.2 cm³/mol. The number of benzene rings is 1. The minimum Gasteiger partial charge on any atom is -0.377 e. The van der Waals surface area contributed by atoms with Crippen molar-refractivity contribution in [2.45, 2.75) is 25.9 Å². The van der Waals surface area contributed by atoms with Crippen LogP contribution >= 0.6 is 0 Å². The highest BCUT2D eigenvalue weighted by Crippen LogP contribution is 2.29. The fourth-order valence-electron chi connectivity index (χ4n) is 2.89. The summed E-state index contributed by atoms with van der Waals surface area (Å²) in [4.78, 5) is 16.8. The maximum atomic E-state index is 12.7. The van der Waals surface area contributed by atoms with E-state index in [1.54, 1.807) is 12.4 Å². The SMILES string of the molecule is CCC1OCCC1C(=O)c1cccc2cnccc12. The number of aromatic nitrogens is 1. The van der Waals surface area contributed by atoms with E-state index >= 15 is 0 Å². The molecule has 1 aromatic carbocycles. The highest BCUT2D eigenvalue weighted by Gasteiger charge is 2.33. The van der Waals surface area contributed by atoms with Crippen LogP contribution in [0.1, 0.15) is 30.1 Å². The van der Waals surface area contributed by atoms with Crippen LogP contribution in [0.5, 0.6) is 0 Å². The fraction of sp³-hybridized carbons (Fsp3) is 0.375. The van der Waals surface area contributed by atoms with Crippen molar-refractivity contribution in [1.29, 1.82) is 0 Å². The second-order valence-electron chi connectivity index (χ2n) is 4.98. The van der Waals surface area contributed by atoms with Gasteiger partial charge < -0.3 is 4.74 Å². The van der Waals surface area contributed by atoms with E-state index in [0.717, 1.165) is 29.2 Å². The third kappa shape index (κ3) is 2.15. The van der Waals surface area contributed by atoms with Crippen molar-refractivity contribution in [1.82, 2.24) is 4.98 Å². The Hall–Kier alpha value is -1.74. The zero-order valence-electron chi connectivity index (χ0n) is 11.0. The highest BCUT2D eigenvalue weighted by atomic mass is 16.5. The molecule has 1 aliphatic rings. The van der Waals surface area contributed by atoms with Gasteiger partial charge in [0, 0.05) is 30.0 Å². The first-order chi connectivity index (χ1) is 9.31. The average Bonchev–Trinajstić information content (AvgIpc) is 2.94. The van der Waals surface area contributed by atoms with Gasteiger partial charge in [0.1, 0.15) is 0 Å². The lowest BCUT2D eigenvalue weighted by Gasteiger charge is -2.16. The second kappa shape index (κ2) is 5.10. The molecule has 0 saturated carbocycles. The molecule has 0 N–H and O–H groups in total. The Morgan fingerprint density at radius 3 is 3.16 bits per heavy atom.